The van der Waals surface area contributed by atoms with Gasteiger partial charge in [0.15, 0.2) is 5.78 Å². The second kappa shape index (κ2) is 25.1. The first-order valence-corrected chi connectivity index (χ1v) is 23.4. The van der Waals surface area contributed by atoms with E-state index < -0.39 is 30.1 Å². The Kier molecular flexibility index (Phi) is 21.4. The Bertz CT molecular complexity index is 1590. The van der Waals surface area contributed by atoms with Gasteiger partial charge < -0.3 is 24.6 Å². The van der Waals surface area contributed by atoms with Crippen LogP contribution in [0.1, 0.15) is 124 Å². The number of carbonyl (C=O) groups excluding carboxylic acids is 4. The predicted octanol–water partition coefficient (Wildman–Crippen LogP) is 8.09. The monoisotopic (exact) mass is 854 g/mol. The summed E-state index contributed by atoms with van der Waals surface area (Å²) in [6, 6.07) is 8.78. The van der Waals surface area contributed by atoms with Crippen molar-refractivity contribution in [1.82, 2.24) is 25.0 Å². The molecular weight excluding hydrogens is 775 g/mol. The third-order valence-corrected chi connectivity index (χ3v) is 13.8. The molecule has 1 aliphatic rings. The summed E-state index contributed by atoms with van der Waals surface area (Å²) in [7, 11) is 7.06. The molecular formula is C48H79N5O6S. The molecule has 1 N–H and O–H groups in total. The zero-order chi connectivity index (χ0) is 44.7. The minimum Gasteiger partial charge on any atom is -0.379 e. The number of aromatic nitrogens is 1. The number of rotatable bonds is 26. The summed E-state index contributed by atoms with van der Waals surface area (Å²) in [4.78, 5) is 67.4. The number of hydrogen-bond donors (Lipinski definition) is 1. The Hall–Kier alpha value is -3.19. The fourth-order valence-corrected chi connectivity index (χ4v) is 9.98. The predicted molar refractivity (Wildman–Crippen MR) is 243 cm³/mol. The Morgan fingerprint density at radius 1 is 0.950 bits per heavy atom. The van der Waals surface area contributed by atoms with E-state index in [0.717, 1.165) is 42.8 Å². The molecule has 1 aromatic carbocycles. The lowest BCUT2D eigenvalue weighted by molar-refractivity contribution is -0.149. The first-order valence-electron chi connectivity index (χ1n) is 22.5. The summed E-state index contributed by atoms with van der Waals surface area (Å²) in [6.07, 6.45) is 5.88. The quantitative estimate of drug-likeness (QED) is 0.101. The molecule has 2 aromatic rings. The van der Waals surface area contributed by atoms with Crippen molar-refractivity contribution in [3.8, 4) is 0 Å². The minimum atomic E-state index is -0.583. The van der Waals surface area contributed by atoms with Crippen LogP contribution in [0.15, 0.2) is 41.9 Å². The molecule has 0 saturated carbocycles. The van der Waals surface area contributed by atoms with Crippen LogP contribution >= 0.6 is 11.3 Å². The molecule has 1 aromatic heterocycles. The number of thiazole rings is 1. The van der Waals surface area contributed by atoms with E-state index in [2.05, 4.69) is 56.7 Å². The fraction of sp³-hybridized carbons (Fsp3) is 0.729. The van der Waals surface area contributed by atoms with E-state index in [1.165, 1.54) is 11.3 Å². The van der Waals surface area contributed by atoms with Gasteiger partial charge in [-0.1, -0.05) is 99.1 Å². The fourth-order valence-electron chi connectivity index (χ4n) is 9.29. The highest BCUT2D eigenvalue weighted by Gasteiger charge is 2.43. The number of Topliss-reactive ketones (excluding diaryl/α,β-unsaturated/α-hetero) is 1. The summed E-state index contributed by atoms with van der Waals surface area (Å²) in [5.74, 6) is -0.616. The van der Waals surface area contributed by atoms with Crippen molar-refractivity contribution >= 4 is 34.8 Å². The van der Waals surface area contributed by atoms with E-state index >= 15 is 0 Å². The number of amides is 3. The van der Waals surface area contributed by atoms with Gasteiger partial charge in [-0.3, -0.25) is 24.1 Å². The molecule has 11 nitrogen and oxygen atoms in total. The molecule has 1 saturated heterocycles. The standard InChI is InChI=1S/C48H79N5O6S/c1-14-34(8)44(52(11)48(57)37(32(4)5)29-40(54)43(33(6)7)51(10)25-18-20-31(2)3)41(58-12)30-42(55)53-26-19-23-39(53)45(59-13)35(9)46(56)50-38(47-49-24-27-60-47)28-36-21-16-15-17-22-36/h15-17,21-22,24,27,31-35,37-39,41,43-45H,14,18-20,23,25-26,28-30H2,1-13H3,(H,50,56)/t34-,35+,37-,38-,39-,41+,43-,44-,45+/m0/s1. The van der Waals surface area contributed by atoms with Crippen molar-refractivity contribution in [2.24, 2.45) is 35.5 Å². The molecule has 1 fully saturated rings. The van der Waals surface area contributed by atoms with Crippen molar-refractivity contribution < 1.29 is 28.7 Å². The Balaban J connectivity index is 1.78. The number of ether oxygens (including phenoxy) is 2. The van der Waals surface area contributed by atoms with Gasteiger partial charge in [0.05, 0.1) is 48.7 Å². The lowest BCUT2D eigenvalue weighted by Crippen LogP contribution is -2.54. The van der Waals surface area contributed by atoms with Crippen LogP contribution in [-0.4, -0.2) is 115 Å². The molecule has 0 aliphatic carbocycles. The van der Waals surface area contributed by atoms with Crippen LogP contribution in [0.25, 0.3) is 0 Å². The lowest BCUT2D eigenvalue weighted by atomic mass is 9.83. The second-order valence-electron chi connectivity index (χ2n) is 18.4. The molecule has 3 amide bonds. The summed E-state index contributed by atoms with van der Waals surface area (Å²) in [5.41, 5.74) is 1.10. The van der Waals surface area contributed by atoms with Gasteiger partial charge in [0.1, 0.15) is 5.01 Å². The average molecular weight is 854 g/mol. The largest absolute Gasteiger partial charge is 0.379 e. The molecule has 0 spiro atoms. The number of ketones is 1. The third kappa shape index (κ3) is 14.2. The molecule has 2 heterocycles. The number of benzene rings is 1. The van der Waals surface area contributed by atoms with Crippen molar-refractivity contribution in [3.05, 3.63) is 52.5 Å². The van der Waals surface area contributed by atoms with Crippen molar-refractivity contribution in [1.29, 1.82) is 0 Å². The zero-order valence-corrected chi connectivity index (χ0v) is 40.0. The highest BCUT2D eigenvalue weighted by atomic mass is 32.1. The SMILES string of the molecule is CC[C@H](C)[C@@H]([C@@H](CC(=O)N1CCC[C@H]1[C@H](OC)[C@@H](C)C(=O)N[C@@H](Cc1ccccc1)c1nccs1)OC)N(C)C(=O)[C@@H](CC(=O)[C@H](C(C)C)N(C)CCCC(C)C)C(C)C. The van der Waals surface area contributed by atoms with E-state index in [1.807, 2.05) is 75.5 Å². The zero-order valence-electron chi connectivity index (χ0n) is 39.2. The van der Waals surface area contributed by atoms with Crippen LogP contribution in [0.2, 0.25) is 0 Å². The summed E-state index contributed by atoms with van der Waals surface area (Å²) >= 11 is 1.51. The van der Waals surface area contributed by atoms with Gasteiger partial charge in [0.2, 0.25) is 17.7 Å². The maximum Gasteiger partial charge on any atom is 0.226 e. The first kappa shape index (κ1) is 51.2. The summed E-state index contributed by atoms with van der Waals surface area (Å²) in [5, 5.41) is 6.00. The van der Waals surface area contributed by atoms with Gasteiger partial charge in [-0.25, -0.2) is 4.98 Å². The van der Waals surface area contributed by atoms with Crippen LogP contribution in [0.4, 0.5) is 0 Å². The number of likely N-dealkylation sites (N-methyl/N-ethyl adjacent to an activating group) is 2. The third-order valence-electron chi connectivity index (χ3n) is 12.9. The normalized spacial score (nSPS) is 18.6. The van der Waals surface area contributed by atoms with E-state index in [-0.39, 0.29) is 72.2 Å². The molecule has 0 radical (unpaired) electrons. The highest BCUT2D eigenvalue weighted by Crippen LogP contribution is 2.32. The first-order chi connectivity index (χ1) is 28.5. The molecule has 60 heavy (non-hydrogen) atoms. The van der Waals surface area contributed by atoms with Crippen LogP contribution in [0, 0.1) is 35.5 Å². The number of methoxy groups -OCH3 is 2. The van der Waals surface area contributed by atoms with Gasteiger partial charge in [-0.2, -0.15) is 0 Å². The van der Waals surface area contributed by atoms with E-state index in [9.17, 15) is 19.2 Å². The molecule has 12 heteroatoms. The van der Waals surface area contributed by atoms with Gasteiger partial charge in [0.25, 0.3) is 0 Å². The highest BCUT2D eigenvalue weighted by molar-refractivity contribution is 7.09. The van der Waals surface area contributed by atoms with Gasteiger partial charge >= 0.3 is 0 Å². The Morgan fingerprint density at radius 2 is 1.63 bits per heavy atom. The lowest BCUT2D eigenvalue weighted by Gasteiger charge is -2.41. The molecule has 1 aliphatic heterocycles. The van der Waals surface area contributed by atoms with Crippen molar-refractivity contribution in [2.45, 2.75) is 150 Å². The van der Waals surface area contributed by atoms with E-state index in [0.29, 0.717) is 25.3 Å². The average Bonchev–Trinajstić information content (AvgIpc) is 3.93. The number of nitrogens with one attached hydrogen (secondary N) is 1. The van der Waals surface area contributed by atoms with Gasteiger partial charge in [-0.05, 0) is 74.9 Å². The van der Waals surface area contributed by atoms with Crippen LogP contribution in [-0.2, 0) is 35.1 Å². The minimum absolute atomic E-state index is 0.0159. The van der Waals surface area contributed by atoms with E-state index in [4.69, 9.17) is 9.47 Å². The molecule has 0 bridgehead atoms. The number of carbonyl (C=O) groups is 4. The number of nitrogens with zero attached hydrogens (tertiary/aromatic N) is 4. The maximum absolute atomic E-state index is 14.6. The summed E-state index contributed by atoms with van der Waals surface area (Å²) in [6.45, 7) is 20.1. The molecule has 338 valence electrons. The van der Waals surface area contributed by atoms with Gasteiger partial charge in [-0.15, -0.1) is 11.3 Å². The molecule has 3 rings (SSSR count). The van der Waals surface area contributed by atoms with Crippen molar-refractivity contribution in [2.75, 3.05) is 41.4 Å². The van der Waals surface area contributed by atoms with Crippen LogP contribution in [0.3, 0.4) is 0 Å². The second-order valence-corrected chi connectivity index (χ2v) is 19.4. The smallest absolute Gasteiger partial charge is 0.226 e. The van der Waals surface area contributed by atoms with Crippen molar-refractivity contribution in [3.63, 3.8) is 0 Å². The summed E-state index contributed by atoms with van der Waals surface area (Å²) < 4.78 is 12.2. The number of hydrogen-bond acceptors (Lipinski definition) is 9. The Labute approximate surface area is 366 Å². The molecule has 9 atom stereocenters. The van der Waals surface area contributed by atoms with E-state index in [1.54, 1.807) is 25.3 Å². The van der Waals surface area contributed by atoms with Gasteiger partial charge in [0, 0.05) is 51.7 Å². The van der Waals surface area contributed by atoms with Crippen LogP contribution < -0.4 is 5.32 Å². The number of likely N-dealkylation sites (tertiary alicyclic amines) is 1. The Morgan fingerprint density at radius 3 is 2.18 bits per heavy atom. The maximum atomic E-state index is 14.6. The topological polar surface area (TPSA) is 121 Å². The molecule has 0 unspecified atom stereocenters. The van der Waals surface area contributed by atoms with Crippen LogP contribution in [0.5, 0.6) is 0 Å².